The molecule has 1 aliphatic rings. The van der Waals surface area contributed by atoms with Crippen molar-refractivity contribution in [3.63, 3.8) is 0 Å². The second-order valence-corrected chi connectivity index (χ2v) is 6.97. The van der Waals surface area contributed by atoms with Gasteiger partial charge in [-0.25, -0.2) is 4.39 Å². The van der Waals surface area contributed by atoms with E-state index in [1.807, 2.05) is 23.9 Å². The monoisotopic (exact) mass is 311 g/mol. The van der Waals surface area contributed by atoms with Crippen molar-refractivity contribution in [3.05, 3.63) is 29.6 Å². The van der Waals surface area contributed by atoms with Gasteiger partial charge in [0.05, 0.1) is 7.11 Å². The predicted molar refractivity (Wildman–Crippen MR) is 88.7 cm³/mol. The van der Waals surface area contributed by atoms with Crippen LogP contribution >= 0.6 is 11.8 Å². The molecule has 0 radical (unpaired) electrons. The highest BCUT2D eigenvalue weighted by Crippen LogP contribution is 2.33. The summed E-state index contributed by atoms with van der Waals surface area (Å²) in [5, 5.41) is 4.25. The van der Waals surface area contributed by atoms with E-state index in [1.165, 1.54) is 31.7 Å². The molecule has 1 aromatic carbocycles. The summed E-state index contributed by atoms with van der Waals surface area (Å²) in [7, 11) is 1.57. The quantitative estimate of drug-likeness (QED) is 0.761. The van der Waals surface area contributed by atoms with E-state index >= 15 is 0 Å². The number of thioether (sulfide) groups is 1. The number of benzene rings is 1. The molecule has 118 valence electrons. The van der Waals surface area contributed by atoms with Gasteiger partial charge in [0.2, 0.25) is 0 Å². The molecule has 0 amide bonds. The highest BCUT2D eigenvalue weighted by Gasteiger charge is 2.20. The van der Waals surface area contributed by atoms with Crippen molar-refractivity contribution in [2.24, 2.45) is 0 Å². The Bertz CT molecular complexity index is 435. The molecule has 0 heterocycles. The Morgan fingerprint density at radius 3 is 2.76 bits per heavy atom. The number of hydrogen-bond acceptors (Lipinski definition) is 3. The number of methoxy groups -OCH3 is 1. The SMILES string of the molecule is CCCNC(CSC1CCCC1)c1ccc(OC)cc1F. The van der Waals surface area contributed by atoms with Crippen LogP contribution in [0.3, 0.4) is 0 Å². The summed E-state index contributed by atoms with van der Waals surface area (Å²) in [6.45, 7) is 3.06. The third-order valence-corrected chi connectivity index (χ3v) is 5.49. The Balaban J connectivity index is 2.03. The first kappa shape index (κ1) is 16.6. The Morgan fingerprint density at radius 1 is 1.38 bits per heavy atom. The molecule has 0 aromatic heterocycles. The molecule has 0 saturated heterocycles. The average molecular weight is 311 g/mol. The van der Waals surface area contributed by atoms with E-state index in [0.717, 1.165) is 29.5 Å². The molecule has 21 heavy (non-hydrogen) atoms. The first-order chi connectivity index (χ1) is 10.2. The van der Waals surface area contributed by atoms with E-state index in [1.54, 1.807) is 7.11 Å². The lowest BCUT2D eigenvalue weighted by molar-refractivity contribution is 0.409. The minimum atomic E-state index is -0.171. The van der Waals surface area contributed by atoms with Gasteiger partial charge in [-0.05, 0) is 31.9 Å². The van der Waals surface area contributed by atoms with Crippen molar-refractivity contribution < 1.29 is 9.13 Å². The number of ether oxygens (including phenoxy) is 1. The molecule has 1 N–H and O–H groups in total. The molecule has 1 atom stereocenters. The Morgan fingerprint density at radius 2 is 2.14 bits per heavy atom. The van der Waals surface area contributed by atoms with Gasteiger partial charge in [-0.3, -0.25) is 0 Å². The van der Waals surface area contributed by atoms with Gasteiger partial charge in [-0.1, -0.05) is 25.8 Å². The van der Waals surface area contributed by atoms with Crippen molar-refractivity contribution in [1.29, 1.82) is 0 Å². The van der Waals surface area contributed by atoms with Gasteiger partial charge in [0, 0.05) is 28.7 Å². The van der Waals surface area contributed by atoms with Crippen molar-refractivity contribution in [3.8, 4) is 5.75 Å². The molecule has 2 rings (SSSR count). The average Bonchev–Trinajstić information content (AvgIpc) is 3.01. The van der Waals surface area contributed by atoms with Crippen LogP contribution in [-0.4, -0.2) is 24.7 Å². The van der Waals surface area contributed by atoms with Crippen molar-refractivity contribution in [2.45, 2.75) is 50.3 Å². The fourth-order valence-electron chi connectivity index (χ4n) is 2.78. The van der Waals surface area contributed by atoms with Crippen molar-refractivity contribution in [2.75, 3.05) is 19.4 Å². The first-order valence-corrected chi connectivity index (χ1v) is 8.98. The molecule has 4 heteroatoms. The molecular weight excluding hydrogens is 285 g/mol. The van der Waals surface area contributed by atoms with Crippen molar-refractivity contribution >= 4 is 11.8 Å². The van der Waals surface area contributed by atoms with Crippen LogP contribution in [0.1, 0.15) is 50.6 Å². The van der Waals surface area contributed by atoms with E-state index < -0.39 is 0 Å². The lowest BCUT2D eigenvalue weighted by Gasteiger charge is -2.21. The molecule has 1 fully saturated rings. The zero-order valence-electron chi connectivity index (χ0n) is 13.0. The number of nitrogens with one attached hydrogen (secondary N) is 1. The summed E-state index contributed by atoms with van der Waals surface area (Å²) < 4.78 is 19.4. The zero-order valence-corrected chi connectivity index (χ0v) is 13.8. The summed E-state index contributed by atoms with van der Waals surface area (Å²) in [6, 6.07) is 5.27. The summed E-state index contributed by atoms with van der Waals surface area (Å²) in [5.41, 5.74) is 0.759. The standard InChI is InChI=1S/C17H26FNOS/c1-3-10-19-17(12-21-14-6-4-5-7-14)15-9-8-13(20-2)11-16(15)18/h8-9,11,14,17,19H,3-7,10,12H2,1-2H3. The van der Waals surface area contributed by atoms with Gasteiger partial charge < -0.3 is 10.1 Å². The third-order valence-electron chi connectivity index (χ3n) is 4.02. The lowest BCUT2D eigenvalue weighted by Crippen LogP contribution is -2.25. The third kappa shape index (κ3) is 4.89. The van der Waals surface area contributed by atoms with Crippen LogP contribution in [0, 0.1) is 5.82 Å². The van der Waals surface area contributed by atoms with Gasteiger partial charge in [-0.2, -0.15) is 11.8 Å². The Labute approximate surface area is 131 Å². The molecule has 1 unspecified atom stereocenters. The minimum absolute atomic E-state index is 0.0847. The second-order valence-electron chi connectivity index (χ2n) is 5.63. The van der Waals surface area contributed by atoms with Gasteiger partial charge in [0.1, 0.15) is 11.6 Å². The fourth-order valence-corrected chi connectivity index (χ4v) is 4.21. The van der Waals surface area contributed by atoms with E-state index in [9.17, 15) is 4.39 Å². The van der Waals surface area contributed by atoms with E-state index in [4.69, 9.17) is 4.74 Å². The number of halogens is 1. The maximum atomic E-state index is 14.3. The summed E-state index contributed by atoms with van der Waals surface area (Å²) in [4.78, 5) is 0. The summed E-state index contributed by atoms with van der Waals surface area (Å²) in [6.07, 6.45) is 6.39. The maximum absolute atomic E-state index is 14.3. The van der Waals surface area contributed by atoms with Crippen LogP contribution in [-0.2, 0) is 0 Å². The van der Waals surface area contributed by atoms with Gasteiger partial charge in [-0.15, -0.1) is 0 Å². The highest BCUT2D eigenvalue weighted by molar-refractivity contribution is 7.99. The molecule has 1 aromatic rings. The van der Waals surface area contributed by atoms with Crippen LogP contribution in [0.4, 0.5) is 4.39 Å². The van der Waals surface area contributed by atoms with Crippen LogP contribution in [0.5, 0.6) is 5.75 Å². The molecule has 2 nitrogen and oxygen atoms in total. The summed E-state index contributed by atoms with van der Waals surface area (Å²) in [5.74, 6) is 1.34. The fraction of sp³-hybridized carbons (Fsp3) is 0.647. The molecule has 0 aliphatic heterocycles. The van der Waals surface area contributed by atoms with Crippen LogP contribution in [0.2, 0.25) is 0 Å². The summed E-state index contributed by atoms with van der Waals surface area (Å²) >= 11 is 2.00. The molecule has 0 bridgehead atoms. The lowest BCUT2D eigenvalue weighted by atomic mass is 10.1. The van der Waals surface area contributed by atoms with E-state index in [-0.39, 0.29) is 11.9 Å². The predicted octanol–water partition coefficient (Wildman–Crippen LogP) is 4.55. The molecule has 1 saturated carbocycles. The van der Waals surface area contributed by atoms with Crippen molar-refractivity contribution in [1.82, 2.24) is 5.32 Å². The van der Waals surface area contributed by atoms with Crippen LogP contribution in [0.15, 0.2) is 18.2 Å². The second kappa shape index (κ2) is 8.64. The largest absolute Gasteiger partial charge is 0.497 e. The van der Waals surface area contributed by atoms with Crippen LogP contribution < -0.4 is 10.1 Å². The number of rotatable bonds is 8. The first-order valence-electron chi connectivity index (χ1n) is 7.93. The molecule has 0 spiro atoms. The van der Waals surface area contributed by atoms with Crippen LogP contribution in [0.25, 0.3) is 0 Å². The Kier molecular flexibility index (Phi) is 6.84. The topological polar surface area (TPSA) is 21.3 Å². The zero-order chi connectivity index (χ0) is 15.1. The highest BCUT2D eigenvalue weighted by atomic mass is 32.2. The number of hydrogen-bond donors (Lipinski definition) is 1. The maximum Gasteiger partial charge on any atom is 0.131 e. The molecule has 1 aliphatic carbocycles. The minimum Gasteiger partial charge on any atom is -0.497 e. The normalized spacial score (nSPS) is 17.1. The Hall–Kier alpha value is -0.740. The van der Waals surface area contributed by atoms with E-state index in [0.29, 0.717) is 5.75 Å². The van der Waals surface area contributed by atoms with E-state index in [2.05, 4.69) is 12.2 Å². The smallest absolute Gasteiger partial charge is 0.131 e. The van der Waals surface area contributed by atoms with Gasteiger partial charge >= 0.3 is 0 Å². The molecular formula is C17H26FNOS. The van der Waals surface area contributed by atoms with Gasteiger partial charge in [0.25, 0.3) is 0 Å². The van der Waals surface area contributed by atoms with Gasteiger partial charge in [0.15, 0.2) is 0 Å².